The van der Waals surface area contributed by atoms with Gasteiger partial charge in [-0.05, 0) is 44.7 Å². The van der Waals surface area contributed by atoms with Crippen LogP contribution in [0.4, 0.5) is 0 Å². The van der Waals surface area contributed by atoms with Gasteiger partial charge in [-0.15, -0.1) is 0 Å². The second-order valence-electron chi connectivity index (χ2n) is 8.70. The van der Waals surface area contributed by atoms with Gasteiger partial charge in [-0.1, -0.05) is 37.5 Å². The number of rotatable bonds is 9. The van der Waals surface area contributed by atoms with Crippen LogP contribution in [0.3, 0.4) is 0 Å². The predicted molar refractivity (Wildman–Crippen MR) is 117 cm³/mol. The minimum Gasteiger partial charge on any atom is -0.383 e. The molecule has 1 atom stereocenters. The van der Waals surface area contributed by atoms with Crippen LogP contribution in [0.1, 0.15) is 74.2 Å². The van der Waals surface area contributed by atoms with E-state index >= 15 is 0 Å². The highest BCUT2D eigenvalue weighted by Gasteiger charge is 2.54. The fraction of sp³-hybridized carbons (Fsp3) is 0.667. The molecule has 6 heteroatoms. The van der Waals surface area contributed by atoms with E-state index < -0.39 is 5.54 Å². The number of fused-ring (bicyclic) bond motifs is 1. The summed E-state index contributed by atoms with van der Waals surface area (Å²) in [5.74, 6) is -0.308. The van der Waals surface area contributed by atoms with E-state index in [-0.39, 0.29) is 23.8 Å². The van der Waals surface area contributed by atoms with E-state index in [1.54, 1.807) is 7.11 Å². The molecule has 2 aliphatic rings. The van der Waals surface area contributed by atoms with E-state index in [2.05, 4.69) is 5.32 Å². The Morgan fingerprint density at radius 3 is 2.63 bits per heavy atom. The molecule has 1 spiro atoms. The van der Waals surface area contributed by atoms with Gasteiger partial charge in [0.1, 0.15) is 0 Å². The van der Waals surface area contributed by atoms with Gasteiger partial charge in [0.15, 0.2) is 0 Å². The van der Waals surface area contributed by atoms with E-state index in [4.69, 9.17) is 9.47 Å². The molecule has 1 aromatic carbocycles. The van der Waals surface area contributed by atoms with Crippen molar-refractivity contribution in [1.82, 2.24) is 10.2 Å². The van der Waals surface area contributed by atoms with Gasteiger partial charge in [0.25, 0.3) is 5.91 Å². The summed E-state index contributed by atoms with van der Waals surface area (Å²) in [5, 5.41) is 3.14. The normalized spacial score (nSPS) is 20.5. The summed E-state index contributed by atoms with van der Waals surface area (Å²) in [5.41, 5.74) is 1.04. The third-order valence-electron chi connectivity index (χ3n) is 6.39. The fourth-order valence-corrected chi connectivity index (χ4v) is 5.06. The van der Waals surface area contributed by atoms with Crippen LogP contribution in [-0.4, -0.2) is 61.8 Å². The number of methoxy groups -OCH3 is 1. The molecule has 166 valence electrons. The zero-order valence-corrected chi connectivity index (χ0v) is 18.6. The van der Waals surface area contributed by atoms with Gasteiger partial charge >= 0.3 is 0 Å². The lowest BCUT2D eigenvalue weighted by atomic mass is 9.65. The van der Waals surface area contributed by atoms with Crippen LogP contribution in [0.5, 0.6) is 0 Å². The minimum absolute atomic E-state index is 0.0174. The summed E-state index contributed by atoms with van der Waals surface area (Å²) in [7, 11) is 1.65. The van der Waals surface area contributed by atoms with Gasteiger partial charge in [0.2, 0.25) is 5.91 Å². The number of ether oxygens (including phenoxy) is 2. The molecule has 1 saturated carbocycles. The van der Waals surface area contributed by atoms with Crippen LogP contribution in [0, 0.1) is 0 Å². The second-order valence-corrected chi connectivity index (χ2v) is 8.70. The van der Waals surface area contributed by atoms with Crippen molar-refractivity contribution in [3.8, 4) is 0 Å². The zero-order chi connectivity index (χ0) is 21.6. The molecule has 30 heavy (non-hydrogen) atoms. The Kier molecular flexibility index (Phi) is 7.89. The molecule has 0 radical (unpaired) electrons. The zero-order valence-electron chi connectivity index (χ0n) is 18.6. The first-order chi connectivity index (χ1) is 14.5. The summed E-state index contributed by atoms with van der Waals surface area (Å²) in [6.07, 6.45) is 5.89. The predicted octanol–water partition coefficient (Wildman–Crippen LogP) is 3.51. The molecular weight excluding hydrogens is 380 g/mol. The van der Waals surface area contributed by atoms with E-state index in [9.17, 15) is 9.59 Å². The number of nitrogens with one attached hydrogen (secondary N) is 1. The van der Waals surface area contributed by atoms with Gasteiger partial charge in [-0.25, -0.2) is 0 Å². The van der Waals surface area contributed by atoms with Crippen molar-refractivity contribution < 1.29 is 19.1 Å². The minimum atomic E-state index is -0.471. The molecule has 1 fully saturated rings. The molecule has 0 unspecified atom stereocenters. The first-order valence-corrected chi connectivity index (χ1v) is 11.3. The molecule has 0 saturated heterocycles. The molecule has 0 bridgehead atoms. The fourth-order valence-electron chi connectivity index (χ4n) is 5.06. The van der Waals surface area contributed by atoms with Crippen LogP contribution < -0.4 is 5.32 Å². The number of hydrogen-bond acceptors (Lipinski definition) is 4. The quantitative estimate of drug-likeness (QED) is 0.626. The van der Waals surface area contributed by atoms with Crippen LogP contribution >= 0.6 is 0 Å². The first kappa shape index (κ1) is 22.8. The highest BCUT2D eigenvalue weighted by atomic mass is 16.5. The molecule has 1 N–H and O–H groups in total. The number of nitrogens with zero attached hydrogens (tertiary/aromatic N) is 1. The third kappa shape index (κ3) is 4.70. The Labute approximate surface area is 180 Å². The Morgan fingerprint density at radius 2 is 1.93 bits per heavy atom. The van der Waals surface area contributed by atoms with Gasteiger partial charge < -0.3 is 19.7 Å². The van der Waals surface area contributed by atoms with Crippen molar-refractivity contribution in [2.24, 2.45) is 0 Å². The van der Waals surface area contributed by atoms with Gasteiger partial charge in [-0.2, -0.15) is 0 Å². The maximum absolute atomic E-state index is 13.5. The van der Waals surface area contributed by atoms with Crippen LogP contribution in [0.15, 0.2) is 24.3 Å². The average molecular weight is 417 g/mol. The second kappa shape index (κ2) is 10.4. The van der Waals surface area contributed by atoms with E-state index in [0.29, 0.717) is 31.9 Å². The van der Waals surface area contributed by atoms with Crippen molar-refractivity contribution in [3.05, 3.63) is 35.4 Å². The van der Waals surface area contributed by atoms with Crippen LogP contribution in [0.25, 0.3) is 0 Å². The van der Waals surface area contributed by atoms with Crippen molar-refractivity contribution in [2.75, 3.05) is 33.4 Å². The Hall–Kier alpha value is -1.92. The number of hydrogen-bond donors (Lipinski definition) is 1. The van der Waals surface area contributed by atoms with Gasteiger partial charge in [0.05, 0.1) is 24.2 Å². The number of carbonyl (C=O) groups excluding carboxylic acids is 2. The molecule has 0 aromatic heterocycles. The molecule has 6 nitrogen and oxygen atoms in total. The van der Waals surface area contributed by atoms with Crippen molar-refractivity contribution in [1.29, 1.82) is 0 Å². The topological polar surface area (TPSA) is 67.9 Å². The number of benzene rings is 1. The van der Waals surface area contributed by atoms with E-state index in [1.165, 1.54) is 0 Å². The molecule has 1 aliphatic heterocycles. The van der Waals surface area contributed by atoms with Gasteiger partial charge in [-0.3, -0.25) is 9.59 Å². The Balaban J connectivity index is 1.89. The maximum Gasteiger partial charge on any atom is 0.254 e. The van der Waals surface area contributed by atoms with Crippen molar-refractivity contribution >= 4 is 11.8 Å². The average Bonchev–Trinajstić information content (AvgIpc) is 2.74. The lowest BCUT2D eigenvalue weighted by Gasteiger charge is -2.53. The number of carbonyl (C=O) groups is 2. The molecule has 2 amide bonds. The molecule has 1 aromatic rings. The SMILES string of the molecule is COCCN1C(=O)c2ccccc2[C@@H](C(=O)NCCCOC(C)C)C12CCCCC2. The molecule has 3 rings (SSSR count). The summed E-state index contributed by atoms with van der Waals surface area (Å²) >= 11 is 0. The summed E-state index contributed by atoms with van der Waals surface area (Å²) < 4.78 is 10.9. The standard InChI is InChI=1S/C24H36N2O4/c1-18(2)30-16-9-14-25-22(27)21-19-10-5-6-11-20(19)23(28)26(15-17-29-3)24(21)12-7-4-8-13-24/h5-6,10-11,18,21H,4,7-9,12-17H2,1-3H3,(H,25,27)/t21-/m0/s1. The Bertz CT molecular complexity index is 728. The Morgan fingerprint density at radius 1 is 1.20 bits per heavy atom. The van der Waals surface area contributed by atoms with E-state index in [1.807, 2.05) is 43.0 Å². The maximum atomic E-state index is 13.5. The lowest BCUT2D eigenvalue weighted by molar-refractivity contribution is -0.127. The summed E-state index contributed by atoms with van der Waals surface area (Å²) in [4.78, 5) is 28.9. The monoisotopic (exact) mass is 416 g/mol. The highest BCUT2D eigenvalue weighted by molar-refractivity contribution is 6.02. The third-order valence-corrected chi connectivity index (χ3v) is 6.39. The smallest absolute Gasteiger partial charge is 0.254 e. The highest BCUT2D eigenvalue weighted by Crippen LogP contribution is 2.49. The number of amides is 2. The molecule has 1 aliphatic carbocycles. The van der Waals surface area contributed by atoms with Crippen molar-refractivity contribution in [2.45, 2.75) is 69.9 Å². The molecule has 1 heterocycles. The summed E-state index contributed by atoms with van der Waals surface area (Å²) in [6.45, 7) is 6.20. The van der Waals surface area contributed by atoms with Crippen molar-refractivity contribution in [3.63, 3.8) is 0 Å². The summed E-state index contributed by atoms with van der Waals surface area (Å²) in [6, 6.07) is 7.62. The first-order valence-electron chi connectivity index (χ1n) is 11.3. The lowest BCUT2D eigenvalue weighted by Crippen LogP contribution is -2.63. The molecular formula is C24H36N2O4. The van der Waals surface area contributed by atoms with Crippen LogP contribution in [-0.2, 0) is 14.3 Å². The van der Waals surface area contributed by atoms with Gasteiger partial charge in [0, 0.05) is 32.4 Å². The van der Waals surface area contributed by atoms with E-state index in [0.717, 1.165) is 44.1 Å². The van der Waals surface area contributed by atoms with Crippen LogP contribution in [0.2, 0.25) is 0 Å². The largest absolute Gasteiger partial charge is 0.383 e.